The summed E-state index contributed by atoms with van der Waals surface area (Å²) in [5, 5.41) is 3.31. The van der Waals surface area contributed by atoms with Crippen LogP contribution in [0.5, 0.6) is 0 Å². The maximum absolute atomic E-state index is 4.50. The van der Waals surface area contributed by atoms with Gasteiger partial charge in [-0.1, -0.05) is 42.5 Å². The van der Waals surface area contributed by atoms with Gasteiger partial charge in [0.25, 0.3) is 0 Å². The average molecular weight is 208 g/mol. The number of fused-ring (bicyclic) bond motifs is 1. The third-order valence-corrected chi connectivity index (χ3v) is 2.73. The molecule has 1 aromatic carbocycles. The van der Waals surface area contributed by atoms with Gasteiger partial charge >= 0.3 is 0 Å². The van der Waals surface area contributed by atoms with Crippen LogP contribution in [0.4, 0.5) is 5.69 Å². The molecule has 0 saturated heterocycles. The van der Waals surface area contributed by atoms with E-state index in [0.717, 1.165) is 23.5 Å². The first-order chi connectivity index (χ1) is 7.93. The van der Waals surface area contributed by atoms with Crippen LogP contribution in [0, 0.1) is 0 Å². The summed E-state index contributed by atoms with van der Waals surface area (Å²) < 4.78 is 0. The van der Waals surface area contributed by atoms with Crippen LogP contribution in [0.2, 0.25) is 0 Å². The number of dihydropyridines is 1. The van der Waals surface area contributed by atoms with Crippen molar-refractivity contribution in [3.05, 3.63) is 59.3 Å². The molecule has 0 amide bonds. The molecule has 0 radical (unpaired) electrons. The lowest BCUT2D eigenvalue weighted by Gasteiger charge is -2.14. The fourth-order valence-electron chi connectivity index (χ4n) is 1.87. The van der Waals surface area contributed by atoms with Crippen molar-refractivity contribution in [1.29, 1.82) is 0 Å². The summed E-state index contributed by atoms with van der Waals surface area (Å²) in [4.78, 5) is 4.50. The molecule has 0 bridgehead atoms. The minimum absolute atomic E-state index is 0.875. The lowest BCUT2D eigenvalue weighted by Crippen LogP contribution is -2.19. The van der Waals surface area contributed by atoms with Crippen molar-refractivity contribution in [2.45, 2.75) is 0 Å². The maximum Gasteiger partial charge on any atom is 0.0702 e. The van der Waals surface area contributed by atoms with E-state index in [9.17, 15) is 0 Å². The van der Waals surface area contributed by atoms with E-state index in [4.69, 9.17) is 0 Å². The zero-order chi connectivity index (χ0) is 10.8. The van der Waals surface area contributed by atoms with Gasteiger partial charge in [-0.05, 0) is 11.6 Å². The number of aliphatic imine (C=N–C) groups is 1. The van der Waals surface area contributed by atoms with Gasteiger partial charge in [0.05, 0.1) is 17.6 Å². The highest BCUT2D eigenvalue weighted by Gasteiger charge is 2.06. The fourth-order valence-corrected chi connectivity index (χ4v) is 1.87. The van der Waals surface area contributed by atoms with Crippen LogP contribution in [0.15, 0.2) is 58.8 Å². The summed E-state index contributed by atoms with van der Waals surface area (Å²) in [6.45, 7) is 0.875. The van der Waals surface area contributed by atoms with E-state index in [1.165, 1.54) is 5.57 Å². The third kappa shape index (κ3) is 1.58. The van der Waals surface area contributed by atoms with Crippen molar-refractivity contribution in [1.82, 2.24) is 5.32 Å². The van der Waals surface area contributed by atoms with E-state index in [1.807, 2.05) is 24.4 Å². The minimum atomic E-state index is 0.875. The van der Waals surface area contributed by atoms with Crippen molar-refractivity contribution < 1.29 is 0 Å². The molecule has 2 nitrogen and oxygen atoms in total. The number of nitrogens with zero attached hydrogens (tertiary/aromatic N) is 1. The summed E-state index contributed by atoms with van der Waals surface area (Å²) >= 11 is 0. The summed E-state index contributed by atoms with van der Waals surface area (Å²) in [6, 6.07) is 8.15. The number of allylic oxidation sites excluding steroid dienone is 4. The lowest BCUT2D eigenvalue weighted by molar-refractivity contribution is 0.930. The van der Waals surface area contributed by atoms with E-state index in [1.54, 1.807) is 0 Å². The standard InChI is InChI=1S/C14H12N2/c1-2-6-13-11(4-1)7-8-12-5-3-9-15-14(12)10-16-13/h1-8,10,15H,9H2/b8-7-,11-7?,12-8?,14-10?,16-10?,16-13?. The number of nitrogens with one attached hydrogen (secondary N) is 1. The Balaban J connectivity index is 2.11. The van der Waals surface area contributed by atoms with Gasteiger partial charge in [-0.2, -0.15) is 0 Å². The number of rotatable bonds is 0. The summed E-state index contributed by atoms with van der Waals surface area (Å²) in [5.41, 5.74) is 4.45. The van der Waals surface area contributed by atoms with Gasteiger partial charge in [0.1, 0.15) is 0 Å². The molecule has 2 aliphatic rings. The lowest BCUT2D eigenvalue weighted by atomic mass is 10.1. The predicted octanol–water partition coefficient (Wildman–Crippen LogP) is 2.83. The second-order valence-electron chi connectivity index (χ2n) is 3.80. The van der Waals surface area contributed by atoms with E-state index in [2.05, 4.69) is 40.7 Å². The first-order valence-electron chi connectivity index (χ1n) is 5.39. The zero-order valence-electron chi connectivity index (χ0n) is 8.85. The van der Waals surface area contributed by atoms with Gasteiger partial charge in [-0.15, -0.1) is 0 Å². The first kappa shape index (κ1) is 9.16. The third-order valence-electron chi connectivity index (χ3n) is 2.73. The summed E-state index contributed by atoms with van der Waals surface area (Å²) in [7, 11) is 0. The molecule has 0 aromatic heterocycles. The number of hydrogen-bond donors (Lipinski definition) is 1. The molecule has 0 saturated carbocycles. The fraction of sp³-hybridized carbons (Fsp3) is 0.0714. The largest absolute Gasteiger partial charge is 0.380 e. The molecule has 2 heteroatoms. The average Bonchev–Trinajstić information content (AvgIpc) is 2.32. The van der Waals surface area contributed by atoms with E-state index >= 15 is 0 Å². The highest BCUT2D eigenvalue weighted by molar-refractivity contribution is 5.86. The van der Waals surface area contributed by atoms with Crippen LogP contribution in [-0.4, -0.2) is 12.8 Å². The van der Waals surface area contributed by atoms with Crippen molar-refractivity contribution in [3.63, 3.8) is 0 Å². The van der Waals surface area contributed by atoms with Crippen LogP contribution in [0.3, 0.4) is 0 Å². The Morgan fingerprint density at radius 1 is 1.06 bits per heavy atom. The Hall–Kier alpha value is -2.09. The second-order valence-corrected chi connectivity index (χ2v) is 3.80. The molecule has 1 N–H and O–H groups in total. The highest BCUT2D eigenvalue weighted by atomic mass is 14.9. The highest BCUT2D eigenvalue weighted by Crippen LogP contribution is 2.23. The van der Waals surface area contributed by atoms with Gasteiger partial charge in [0.2, 0.25) is 0 Å². The van der Waals surface area contributed by atoms with Crippen LogP contribution in [-0.2, 0) is 0 Å². The Morgan fingerprint density at radius 3 is 3.00 bits per heavy atom. The molecule has 3 rings (SSSR count). The topological polar surface area (TPSA) is 24.4 Å². The zero-order valence-corrected chi connectivity index (χ0v) is 8.85. The summed E-state index contributed by atoms with van der Waals surface area (Å²) in [6.07, 6.45) is 10.4. The van der Waals surface area contributed by atoms with Crippen LogP contribution in [0.25, 0.3) is 6.08 Å². The van der Waals surface area contributed by atoms with Gasteiger partial charge in [0, 0.05) is 12.1 Å². The Kier molecular flexibility index (Phi) is 2.18. The quantitative estimate of drug-likeness (QED) is 0.696. The Bertz CT molecular complexity index is 533. The van der Waals surface area contributed by atoms with Gasteiger partial charge in [-0.3, -0.25) is 4.99 Å². The molecule has 1 aromatic rings. The smallest absolute Gasteiger partial charge is 0.0702 e. The van der Waals surface area contributed by atoms with E-state index in [-0.39, 0.29) is 0 Å². The van der Waals surface area contributed by atoms with Gasteiger partial charge < -0.3 is 5.32 Å². The first-order valence-corrected chi connectivity index (χ1v) is 5.39. The van der Waals surface area contributed by atoms with Crippen LogP contribution in [0.1, 0.15) is 5.56 Å². The van der Waals surface area contributed by atoms with Crippen molar-refractivity contribution in [2.75, 3.05) is 6.54 Å². The number of hydrogen-bond acceptors (Lipinski definition) is 2. The van der Waals surface area contributed by atoms with Crippen molar-refractivity contribution in [3.8, 4) is 0 Å². The molecule has 2 heterocycles. The second kappa shape index (κ2) is 3.81. The van der Waals surface area contributed by atoms with Crippen molar-refractivity contribution in [2.24, 2.45) is 4.99 Å². The number of benzene rings is 1. The van der Waals surface area contributed by atoms with E-state index < -0.39 is 0 Å². The molecular formula is C14H12N2. The molecule has 16 heavy (non-hydrogen) atoms. The number of para-hydroxylation sites is 1. The Morgan fingerprint density at radius 2 is 2.00 bits per heavy atom. The predicted molar refractivity (Wildman–Crippen MR) is 67.8 cm³/mol. The molecule has 0 spiro atoms. The Labute approximate surface area is 94.7 Å². The molecule has 2 aliphatic heterocycles. The summed E-state index contributed by atoms with van der Waals surface area (Å²) in [5.74, 6) is 0. The molecule has 0 atom stereocenters. The van der Waals surface area contributed by atoms with Crippen molar-refractivity contribution >= 4 is 18.0 Å². The van der Waals surface area contributed by atoms with Gasteiger partial charge in [-0.25, -0.2) is 0 Å². The molecule has 78 valence electrons. The monoisotopic (exact) mass is 208 g/mol. The van der Waals surface area contributed by atoms with Crippen LogP contribution >= 0.6 is 0 Å². The molecular weight excluding hydrogens is 196 g/mol. The SMILES string of the molecule is C1=CC2=C(C=Nc3ccccc3/C=C\2)NC1. The maximum atomic E-state index is 4.50. The molecule has 0 fully saturated rings. The van der Waals surface area contributed by atoms with Crippen LogP contribution < -0.4 is 5.32 Å². The van der Waals surface area contributed by atoms with E-state index in [0.29, 0.717) is 0 Å². The van der Waals surface area contributed by atoms with Gasteiger partial charge in [0.15, 0.2) is 0 Å². The minimum Gasteiger partial charge on any atom is -0.380 e. The molecule has 0 unspecified atom stereocenters. The normalized spacial score (nSPS) is 19.2. The molecule has 0 aliphatic carbocycles.